The zero-order valence-corrected chi connectivity index (χ0v) is 7.28. The summed E-state index contributed by atoms with van der Waals surface area (Å²) < 4.78 is 1.61. The molecule has 1 heterocycles. The minimum atomic E-state index is 0.170. The van der Waals surface area contributed by atoms with E-state index in [1.54, 1.807) is 4.57 Å². The number of hydrogen-bond donors (Lipinski definition) is 0. The molecule has 0 aromatic carbocycles. The average Bonchev–Trinajstić information content (AvgIpc) is 2.45. The molecule has 0 amide bonds. The van der Waals surface area contributed by atoms with Gasteiger partial charge in [-0.25, -0.2) is 4.98 Å². The maximum absolute atomic E-state index is 8.74. The van der Waals surface area contributed by atoms with Crippen molar-refractivity contribution in [1.29, 1.82) is 10.5 Å². The molecule has 13 heavy (non-hydrogen) atoms. The lowest BCUT2D eigenvalue weighted by atomic mass is 10.3. The Kier molecular flexibility index (Phi) is 2.47. The summed E-state index contributed by atoms with van der Waals surface area (Å²) in [6, 6.07) is 3.79. The zero-order chi connectivity index (χ0) is 9.84. The predicted octanol–water partition coefficient (Wildman–Crippen LogP) is 1.20. The van der Waals surface area contributed by atoms with E-state index in [9.17, 15) is 0 Å². The highest BCUT2D eigenvalue weighted by atomic mass is 15.1. The van der Waals surface area contributed by atoms with Gasteiger partial charge in [-0.3, -0.25) is 0 Å². The van der Waals surface area contributed by atoms with Crippen LogP contribution >= 0.6 is 0 Å². The Morgan fingerprint density at radius 2 is 2.31 bits per heavy atom. The fourth-order valence-electron chi connectivity index (χ4n) is 0.992. The zero-order valence-electron chi connectivity index (χ0n) is 7.28. The fraction of sp³-hybridized carbons (Fsp3) is 0.222. The van der Waals surface area contributed by atoms with Crippen molar-refractivity contribution in [3.05, 3.63) is 29.9 Å². The van der Waals surface area contributed by atoms with Gasteiger partial charge in [0.25, 0.3) is 0 Å². The molecule has 0 aliphatic carbocycles. The first-order valence-corrected chi connectivity index (χ1v) is 3.68. The van der Waals surface area contributed by atoms with E-state index in [0.29, 0.717) is 12.2 Å². The Morgan fingerprint density at radius 1 is 1.62 bits per heavy atom. The molecule has 0 aliphatic heterocycles. The van der Waals surface area contributed by atoms with Gasteiger partial charge in [0.15, 0.2) is 11.4 Å². The van der Waals surface area contributed by atoms with E-state index in [4.69, 9.17) is 10.5 Å². The molecule has 0 saturated carbocycles. The van der Waals surface area contributed by atoms with E-state index in [0.717, 1.165) is 5.57 Å². The van der Waals surface area contributed by atoms with Crippen LogP contribution in [-0.4, -0.2) is 9.55 Å². The Morgan fingerprint density at radius 3 is 2.77 bits per heavy atom. The van der Waals surface area contributed by atoms with Gasteiger partial charge in [0.1, 0.15) is 12.1 Å². The largest absolute Gasteiger partial charge is 0.317 e. The third-order valence-corrected chi connectivity index (χ3v) is 1.49. The molecule has 0 bridgehead atoms. The van der Waals surface area contributed by atoms with Gasteiger partial charge in [-0.2, -0.15) is 10.5 Å². The van der Waals surface area contributed by atoms with Crippen molar-refractivity contribution in [3.63, 3.8) is 0 Å². The Labute approximate surface area is 76.4 Å². The second-order valence-electron chi connectivity index (χ2n) is 2.75. The molecule has 0 atom stereocenters. The number of rotatable bonds is 2. The topological polar surface area (TPSA) is 65.4 Å². The summed E-state index contributed by atoms with van der Waals surface area (Å²) in [5.74, 6) is 0. The van der Waals surface area contributed by atoms with Crippen LogP contribution in [0.2, 0.25) is 0 Å². The van der Waals surface area contributed by atoms with Gasteiger partial charge in [-0.1, -0.05) is 12.2 Å². The summed E-state index contributed by atoms with van der Waals surface area (Å²) in [6.45, 7) is 6.10. The van der Waals surface area contributed by atoms with Crippen molar-refractivity contribution in [2.24, 2.45) is 0 Å². The van der Waals surface area contributed by atoms with Crippen LogP contribution in [0.3, 0.4) is 0 Å². The fourth-order valence-corrected chi connectivity index (χ4v) is 0.992. The van der Waals surface area contributed by atoms with Crippen molar-refractivity contribution in [2.45, 2.75) is 13.5 Å². The van der Waals surface area contributed by atoms with Gasteiger partial charge in [-0.15, -0.1) is 0 Å². The van der Waals surface area contributed by atoms with E-state index in [1.807, 2.05) is 19.1 Å². The van der Waals surface area contributed by atoms with Gasteiger partial charge in [0, 0.05) is 6.54 Å². The number of nitriles is 2. The SMILES string of the molecule is C=C(C)Cn1cnc(C#N)c1C#N. The Hall–Kier alpha value is -2.07. The van der Waals surface area contributed by atoms with Gasteiger partial charge >= 0.3 is 0 Å². The molecule has 4 heteroatoms. The van der Waals surface area contributed by atoms with Crippen molar-refractivity contribution < 1.29 is 0 Å². The van der Waals surface area contributed by atoms with Crippen molar-refractivity contribution in [3.8, 4) is 12.1 Å². The van der Waals surface area contributed by atoms with E-state index >= 15 is 0 Å². The van der Waals surface area contributed by atoms with Crippen LogP contribution in [0.4, 0.5) is 0 Å². The standard InChI is InChI=1S/C9H8N4/c1-7(2)5-13-6-12-8(3-10)9(13)4-11/h6H,1,5H2,2H3. The molecule has 1 aromatic rings. The second kappa shape index (κ2) is 3.55. The molecule has 0 aliphatic rings. The minimum Gasteiger partial charge on any atom is -0.317 e. The molecule has 64 valence electrons. The van der Waals surface area contributed by atoms with Gasteiger partial charge in [0.05, 0.1) is 6.33 Å². The molecule has 0 radical (unpaired) electrons. The number of imidazole rings is 1. The maximum Gasteiger partial charge on any atom is 0.176 e. The normalized spacial score (nSPS) is 8.85. The molecule has 1 aromatic heterocycles. The number of hydrogen-bond acceptors (Lipinski definition) is 3. The molecule has 0 fully saturated rings. The summed E-state index contributed by atoms with van der Waals surface area (Å²) in [5, 5.41) is 17.3. The highest BCUT2D eigenvalue weighted by molar-refractivity contribution is 5.36. The molecule has 4 nitrogen and oxygen atoms in total. The first-order valence-electron chi connectivity index (χ1n) is 3.68. The molecule has 0 unspecified atom stereocenters. The second-order valence-corrected chi connectivity index (χ2v) is 2.75. The minimum absolute atomic E-state index is 0.170. The van der Waals surface area contributed by atoms with E-state index in [-0.39, 0.29) is 5.69 Å². The number of nitrogens with zero attached hydrogens (tertiary/aromatic N) is 4. The van der Waals surface area contributed by atoms with Crippen LogP contribution < -0.4 is 0 Å². The third-order valence-electron chi connectivity index (χ3n) is 1.49. The first kappa shape index (κ1) is 9.02. The quantitative estimate of drug-likeness (QED) is 0.629. The molecular formula is C9H8N4. The smallest absolute Gasteiger partial charge is 0.176 e. The molecule has 0 spiro atoms. The van der Waals surface area contributed by atoms with Crippen molar-refractivity contribution >= 4 is 0 Å². The highest BCUT2D eigenvalue weighted by Crippen LogP contribution is 2.06. The Balaban J connectivity index is 3.12. The lowest BCUT2D eigenvalue weighted by Crippen LogP contribution is -2.00. The van der Waals surface area contributed by atoms with Crippen LogP contribution in [0.15, 0.2) is 18.5 Å². The Bertz CT molecular complexity index is 414. The summed E-state index contributed by atoms with van der Waals surface area (Å²) in [5.41, 5.74) is 1.38. The summed E-state index contributed by atoms with van der Waals surface area (Å²) >= 11 is 0. The van der Waals surface area contributed by atoms with Gasteiger partial charge in [0.2, 0.25) is 0 Å². The lowest BCUT2D eigenvalue weighted by molar-refractivity contribution is 0.774. The predicted molar refractivity (Wildman–Crippen MR) is 46.5 cm³/mol. The molecular weight excluding hydrogens is 164 g/mol. The molecule has 0 N–H and O–H groups in total. The molecule has 1 rings (SSSR count). The highest BCUT2D eigenvalue weighted by Gasteiger charge is 2.08. The van der Waals surface area contributed by atoms with Crippen molar-refractivity contribution in [2.75, 3.05) is 0 Å². The summed E-state index contributed by atoms with van der Waals surface area (Å²) in [7, 11) is 0. The van der Waals surface area contributed by atoms with Crippen LogP contribution in [0, 0.1) is 22.7 Å². The summed E-state index contributed by atoms with van der Waals surface area (Å²) in [6.07, 6.45) is 1.48. The third kappa shape index (κ3) is 1.74. The maximum atomic E-state index is 8.74. The van der Waals surface area contributed by atoms with Gasteiger partial charge in [-0.05, 0) is 6.92 Å². The van der Waals surface area contributed by atoms with E-state index < -0.39 is 0 Å². The van der Waals surface area contributed by atoms with Crippen molar-refractivity contribution in [1.82, 2.24) is 9.55 Å². The van der Waals surface area contributed by atoms with Crippen LogP contribution in [0.5, 0.6) is 0 Å². The monoisotopic (exact) mass is 172 g/mol. The summed E-state index contributed by atoms with van der Waals surface area (Å²) in [4.78, 5) is 3.80. The first-order chi connectivity index (χ1) is 6.19. The van der Waals surface area contributed by atoms with Crippen LogP contribution in [0.1, 0.15) is 18.3 Å². The lowest BCUT2D eigenvalue weighted by Gasteiger charge is -2.00. The van der Waals surface area contributed by atoms with E-state index in [1.165, 1.54) is 6.33 Å². The van der Waals surface area contributed by atoms with Gasteiger partial charge < -0.3 is 4.57 Å². The van der Waals surface area contributed by atoms with Crippen LogP contribution in [0.25, 0.3) is 0 Å². The average molecular weight is 172 g/mol. The van der Waals surface area contributed by atoms with Crippen LogP contribution in [-0.2, 0) is 6.54 Å². The number of allylic oxidation sites excluding steroid dienone is 1. The number of aromatic nitrogens is 2. The molecule has 0 saturated heterocycles. The van der Waals surface area contributed by atoms with E-state index in [2.05, 4.69) is 11.6 Å².